The van der Waals surface area contributed by atoms with Crippen LogP contribution in [0.3, 0.4) is 0 Å². The van der Waals surface area contributed by atoms with Crippen LogP contribution in [-0.2, 0) is 0 Å². The number of anilines is 1. The van der Waals surface area contributed by atoms with Gasteiger partial charge in [-0.2, -0.15) is 0 Å². The fourth-order valence-corrected chi connectivity index (χ4v) is 2.66. The number of nitrogens with one attached hydrogen (secondary N) is 2. The number of hydrogen-bond acceptors (Lipinski definition) is 2. The van der Waals surface area contributed by atoms with E-state index in [2.05, 4.69) is 10.3 Å². The van der Waals surface area contributed by atoms with E-state index in [1.807, 2.05) is 4.90 Å². The van der Waals surface area contributed by atoms with Crippen molar-refractivity contribution in [2.24, 2.45) is 0 Å². The smallest absolute Gasteiger partial charge is 0.272 e. The van der Waals surface area contributed by atoms with Crippen LogP contribution in [0.4, 0.5) is 5.69 Å². The first-order chi connectivity index (χ1) is 10.6. The van der Waals surface area contributed by atoms with Gasteiger partial charge in [0, 0.05) is 30.5 Å². The molecule has 1 fully saturated rings. The van der Waals surface area contributed by atoms with Gasteiger partial charge in [-0.1, -0.05) is 11.6 Å². The molecule has 0 spiro atoms. The molecule has 22 heavy (non-hydrogen) atoms. The number of hydrogen-bond donors (Lipinski definition) is 2. The quantitative estimate of drug-likeness (QED) is 0.913. The zero-order chi connectivity index (χ0) is 15.5. The molecule has 1 aromatic carbocycles. The SMILES string of the molecule is O=C(Nc1ccc(C(=O)N2CCCC2)cc1)c1cc(Cl)c[nH]1. The molecule has 3 rings (SSSR count). The summed E-state index contributed by atoms with van der Waals surface area (Å²) in [4.78, 5) is 28.8. The summed E-state index contributed by atoms with van der Waals surface area (Å²) in [5.74, 6) is -0.225. The molecule has 0 saturated carbocycles. The molecular formula is C16H16ClN3O2. The Balaban J connectivity index is 1.66. The Morgan fingerprint density at radius 2 is 1.82 bits per heavy atom. The van der Waals surface area contributed by atoms with Gasteiger partial charge in [0.1, 0.15) is 5.69 Å². The van der Waals surface area contributed by atoms with Gasteiger partial charge in [0.05, 0.1) is 5.02 Å². The van der Waals surface area contributed by atoms with E-state index in [1.165, 1.54) is 0 Å². The third kappa shape index (κ3) is 3.14. The highest BCUT2D eigenvalue weighted by Gasteiger charge is 2.19. The first-order valence-corrected chi connectivity index (χ1v) is 7.56. The van der Waals surface area contributed by atoms with Gasteiger partial charge in [-0.25, -0.2) is 0 Å². The molecule has 2 N–H and O–H groups in total. The maximum atomic E-state index is 12.2. The normalized spacial score (nSPS) is 14.1. The molecule has 1 saturated heterocycles. The number of aromatic amines is 1. The van der Waals surface area contributed by atoms with Crippen LogP contribution in [-0.4, -0.2) is 34.8 Å². The number of benzene rings is 1. The number of halogens is 1. The standard InChI is InChI=1S/C16H16ClN3O2/c17-12-9-14(18-10-12)15(21)19-13-5-3-11(4-6-13)16(22)20-7-1-2-8-20/h3-6,9-10,18H,1-2,7-8H2,(H,19,21). The van der Waals surface area contributed by atoms with Crippen LogP contribution < -0.4 is 5.32 Å². The molecule has 0 atom stereocenters. The van der Waals surface area contributed by atoms with E-state index in [-0.39, 0.29) is 11.8 Å². The Labute approximate surface area is 133 Å². The van der Waals surface area contributed by atoms with Gasteiger partial charge < -0.3 is 15.2 Å². The highest BCUT2D eigenvalue weighted by molar-refractivity contribution is 6.31. The van der Waals surface area contributed by atoms with Crippen molar-refractivity contribution in [3.05, 3.63) is 52.8 Å². The minimum atomic E-state index is -0.273. The molecule has 0 unspecified atom stereocenters. The zero-order valence-corrected chi connectivity index (χ0v) is 12.7. The minimum absolute atomic E-state index is 0.0477. The molecule has 2 amide bonds. The Morgan fingerprint density at radius 1 is 1.14 bits per heavy atom. The van der Waals surface area contributed by atoms with Crippen molar-refractivity contribution in [2.75, 3.05) is 18.4 Å². The molecule has 0 bridgehead atoms. The summed E-state index contributed by atoms with van der Waals surface area (Å²) < 4.78 is 0. The van der Waals surface area contributed by atoms with Crippen molar-refractivity contribution in [1.82, 2.24) is 9.88 Å². The molecule has 1 aliphatic heterocycles. The van der Waals surface area contributed by atoms with Crippen molar-refractivity contribution >= 4 is 29.1 Å². The molecule has 114 valence electrons. The van der Waals surface area contributed by atoms with Crippen LogP contribution in [0.2, 0.25) is 5.02 Å². The summed E-state index contributed by atoms with van der Waals surface area (Å²) in [7, 11) is 0. The highest BCUT2D eigenvalue weighted by atomic mass is 35.5. The van der Waals surface area contributed by atoms with Gasteiger partial charge in [-0.05, 0) is 43.2 Å². The van der Waals surface area contributed by atoms with Gasteiger partial charge in [-0.15, -0.1) is 0 Å². The van der Waals surface area contributed by atoms with E-state index in [9.17, 15) is 9.59 Å². The summed E-state index contributed by atoms with van der Waals surface area (Å²) in [5, 5.41) is 3.24. The number of rotatable bonds is 3. The molecule has 2 aromatic rings. The molecule has 1 aliphatic rings. The third-order valence-electron chi connectivity index (χ3n) is 3.68. The van der Waals surface area contributed by atoms with Crippen LogP contribution in [0.5, 0.6) is 0 Å². The fraction of sp³-hybridized carbons (Fsp3) is 0.250. The molecule has 0 radical (unpaired) electrons. The third-order valence-corrected chi connectivity index (χ3v) is 3.89. The molecule has 5 nitrogen and oxygen atoms in total. The topological polar surface area (TPSA) is 65.2 Å². The predicted molar refractivity (Wildman–Crippen MR) is 85.3 cm³/mol. The summed E-state index contributed by atoms with van der Waals surface area (Å²) in [6.45, 7) is 1.65. The van der Waals surface area contributed by atoms with Gasteiger partial charge in [0.15, 0.2) is 0 Å². The van der Waals surface area contributed by atoms with E-state index in [4.69, 9.17) is 11.6 Å². The second kappa shape index (κ2) is 6.23. The monoisotopic (exact) mass is 317 g/mol. The van der Waals surface area contributed by atoms with E-state index >= 15 is 0 Å². The predicted octanol–water partition coefficient (Wildman–Crippen LogP) is 3.16. The number of H-pyrrole nitrogens is 1. The van der Waals surface area contributed by atoms with E-state index < -0.39 is 0 Å². The van der Waals surface area contributed by atoms with Crippen molar-refractivity contribution in [3.8, 4) is 0 Å². The van der Waals surface area contributed by atoms with Gasteiger partial charge in [0.2, 0.25) is 0 Å². The average molecular weight is 318 g/mol. The van der Waals surface area contributed by atoms with Crippen LogP contribution in [0.1, 0.15) is 33.7 Å². The highest BCUT2D eigenvalue weighted by Crippen LogP contribution is 2.16. The van der Waals surface area contributed by atoms with E-state index in [0.717, 1.165) is 25.9 Å². The molecule has 2 heterocycles. The van der Waals surface area contributed by atoms with Crippen molar-refractivity contribution < 1.29 is 9.59 Å². The van der Waals surface area contributed by atoms with Crippen LogP contribution in [0.15, 0.2) is 36.5 Å². The molecule has 1 aromatic heterocycles. The molecule has 6 heteroatoms. The fourth-order valence-electron chi connectivity index (χ4n) is 2.50. The van der Waals surface area contributed by atoms with E-state index in [0.29, 0.717) is 22.0 Å². The van der Waals surface area contributed by atoms with Gasteiger partial charge in [-0.3, -0.25) is 9.59 Å². The van der Waals surface area contributed by atoms with Crippen LogP contribution in [0.25, 0.3) is 0 Å². The average Bonchev–Trinajstić information content (AvgIpc) is 3.18. The lowest BCUT2D eigenvalue weighted by atomic mass is 10.2. The lowest BCUT2D eigenvalue weighted by molar-refractivity contribution is 0.0792. The molecule has 0 aliphatic carbocycles. The number of nitrogens with zero attached hydrogens (tertiary/aromatic N) is 1. The Morgan fingerprint density at radius 3 is 2.41 bits per heavy atom. The largest absolute Gasteiger partial charge is 0.356 e. The van der Waals surface area contributed by atoms with E-state index in [1.54, 1.807) is 36.5 Å². The van der Waals surface area contributed by atoms with Gasteiger partial charge in [0.25, 0.3) is 11.8 Å². The van der Waals surface area contributed by atoms with Crippen molar-refractivity contribution in [3.63, 3.8) is 0 Å². The van der Waals surface area contributed by atoms with Crippen LogP contribution in [0, 0.1) is 0 Å². The first-order valence-electron chi connectivity index (χ1n) is 7.18. The van der Waals surface area contributed by atoms with Crippen LogP contribution >= 0.6 is 11.6 Å². The number of carbonyl (C=O) groups excluding carboxylic acids is 2. The number of aromatic nitrogens is 1. The zero-order valence-electron chi connectivity index (χ0n) is 11.9. The number of carbonyl (C=O) groups is 2. The summed E-state index contributed by atoms with van der Waals surface area (Å²) in [6.07, 6.45) is 3.69. The Kier molecular flexibility index (Phi) is 4.15. The van der Waals surface area contributed by atoms with Gasteiger partial charge >= 0.3 is 0 Å². The first kappa shape index (κ1) is 14.7. The maximum absolute atomic E-state index is 12.2. The summed E-state index contributed by atoms with van der Waals surface area (Å²) >= 11 is 5.77. The minimum Gasteiger partial charge on any atom is -0.356 e. The maximum Gasteiger partial charge on any atom is 0.272 e. The molecular weight excluding hydrogens is 302 g/mol. The Hall–Kier alpha value is -2.27. The summed E-state index contributed by atoms with van der Waals surface area (Å²) in [5.41, 5.74) is 1.67. The second-order valence-corrected chi connectivity index (χ2v) is 5.70. The summed E-state index contributed by atoms with van der Waals surface area (Å²) in [6, 6.07) is 8.48. The lowest BCUT2D eigenvalue weighted by Gasteiger charge is -2.15. The van der Waals surface area contributed by atoms with Crippen molar-refractivity contribution in [1.29, 1.82) is 0 Å². The van der Waals surface area contributed by atoms with Crippen molar-refractivity contribution in [2.45, 2.75) is 12.8 Å². The Bertz CT molecular complexity index is 688. The lowest BCUT2D eigenvalue weighted by Crippen LogP contribution is -2.27. The second-order valence-electron chi connectivity index (χ2n) is 5.26. The number of likely N-dealkylation sites (tertiary alicyclic amines) is 1. The number of amides is 2.